The van der Waals surface area contributed by atoms with Crippen molar-refractivity contribution in [1.82, 2.24) is 0 Å². The molecule has 2 unspecified atom stereocenters. The zero-order chi connectivity index (χ0) is 18.4. The third-order valence-corrected chi connectivity index (χ3v) is 5.10. The van der Waals surface area contributed by atoms with E-state index < -0.39 is 0 Å². The molecule has 3 rings (SSSR count). The summed E-state index contributed by atoms with van der Waals surface area (Å²) in [7, 11) is 0. The fourth-order valence-electron chi connectivity index (χ4n) is 3.68. The van der Waals surface area contributed by atoms with Gasteiger partial charge in [0, 0.05) is 25.2 Å². The quantitative estimate of drug-likeness (QED) is 0.695. The maximum absolute atomic E-state index is 12.5. The molecule has 0 radical (unpaired) electrons. The largest absolute Gasteiger partial charge is 0.508 e. The number of hydrogen-bond donors (Lipinski definition) is 1. The topological polar surface area (TPSA) is 65.0 Å². The summed E-state index contributed by atoms with van der Waals surface area (Å²) in [5.74, 6) is 0.931. The molecule has 5 heteroatoms. The van der Waals surface area contributed by atoms with Crippen LogP contribution in [0.2, 0.25) is 0 Å². The van der Waals surface area contributed by atoms with Crippen molar-refractivity contribution >= 4 is 5.78 Å². The number of rotatable bonds is 8. The summed E-state index contributed by atoms with van der Waals surface area (Å²) >= 11 is 0. The molecule has 0 spiro atoms. The van der Waals surface area contributed by atoms with Crippen LogP contribution in [0.25, 0.3) is 0 Å². The molecule has 0 saturated carbocycles. The predicted molar refractivity (Wildman–Crippen MR) is 98.9 cm³/mol. The van der Waals surface area contributed by atoms with Crippen molar-refractivity contribution < 1.29 is 24.1 Å². The van der Waals surface area contributed by atoms with Crippen LogP contribution in [0.15, 0.2) is 12.1 Å². The Labute approximate surface area is 155 Å². The van der Waals surface area contributed by atoms with Gasteiger partial charge in [0.25, 0.3) is 0 Å². The lowest BCUT2D eigenvalue weighted by molar-refractivity contribution is -0.162. The normalized spacial score (nSPS) is 22.7. The minimum atomic E-state index is -0.113. The second-order valence-electron chi connectivity index (χ2n) is 7.22. The van der Waals surface area contributed by atoms with Gasteiger partial charge in [-0.15, -0.1) is 0 Å². The summed E-state index contributed by atoms with van der Waals surface area (Å²) in [5.41, 5.74) is 1.38. The van der Waals surface area contributed by atoms with E-state index >= 15 is 0 Å². The van der Waals surface area contributed by atoms with Gasteiger partial charge in [-0.2, -0.15) is 0 Å². The lowest BCUT2D eigenvalue weighted by Crippen LogP contribution is -2.28. The molecule has 1 aromatic rings. The van der Waals surface area contributed by atoms with E-state index in [9.17, 15) is 9.90 Å². The van der Waals surface area contributed by atoms with Gasteiger partial charge in [0.05, 0.1) is 5.56 Å². The van der Waals surface area contributed by atoms with Gasteiger partial charge in [0.1, 0.15) is 17.6 Å². The number of benzene rings is 1. The zero-order valence-electron chi connectivity index (χ0n) is 15.7. The Hall–Kier alpha value is -1.59. The number of hydrogen-bond acceptors (Lipinski definition) is 5. The van der Waals surface area contributed by atoms with E-state index in [1.54, 1.807) is 12.1 Å². The summed E-state index contributed by atoms with van der Waals surface area (Å²) in [6.45, 7) is 3.54. The van der Waals surface area contributed by atoms with E-state index in [0.29, 0.717) is 30.8 Å². The molecule has 0 aromatic heterocycles. The van der Waals surface area contributed by atoms with Gasteiger partial charge in [-0.1, -0.05) is 13.3 Å². The van der Waals surface area contributed by atoms with Crippen LogP contribution in [0.1, 0.15) is 74.2 Å². The first-order chi connectivity index (χ1) is 12.7. The van der Waals surface area contributed by atoms with E-state index in [2.05, 4.69) is 6.92 Å². The van der Waals surface area contributed by atoms with Crippen LogP contribution < -0.4 is 4.74 Å². The fraction of sp³-hybridized carbons (Fsp3) is 0.667. The summed E-state index contributed by atoms with van der Waals surface area (Å²) in [6, 6.07) is 3.29. The van der Waals surface area contributed by atoms with Gasteiger partial charge in [-0.25, -0.2) is 0 Å². The summed E-state index contributed by atoms with van der Waals surface area (Å²) < 4.78 is 17.4. The standard InChI is InChI=1S/C21H30O5/c1-2-7-16-18(22)11-10-17-19(23)14-15(26-21(16)17)8-3-5-12-24-20-9-4-6-13-25-20/h10-11,15,20,22H,2-9,12-14H2,1H3. The van der Waals surface area contributed by atoms with Crippen molar-refractivity contribution in [3.8, 4) is 11.5 Å². The minimum absolute atomic E-state index is 0.0392. The molecule has 1 aromatic carbocycles. The molecule has 0 aliphatic carbocycles. The SMILES string of the molecule is CCCc1c(O)ccc2c1OC(CCCCOC1CCCCO1)CC2=O. The molecule has 0 amide bonds. The Bertz CT molecular complexity index is 607. The average molecular weight is 362 g/mol. The minimum Gasteiger partial charge on any atom is -0.508 e. The molecule has 1 fully saturated rings. The molecule has 1 N–H and O–H groups in total. The fourth-order valence-corrected chi connectivity index (χ4v) is 3.68. The number of Topliss-reactive ketones (excluding diaryl/α,β-unsaturated/α-hetero) is 1. The van der Waals surface area contributed by atoms with Crippen molar-refractivity contribution in [2.24, 2.45) is 0 Å². The molecule has 2 aliphatic rings. The van der Waals surface area contributed by atoms with Gasteiger partial charge in [-0.3, -0.25) is 4.79 Å². The highest BCUT2D eigenvalue weighted by Gasteiger charge is 2.29. The lowest BCUT2D eigenvalue weighted by Gasteiger charge is -2.27. The molecule has 5 nitrogen and oxygen atoms in total. The molecule has 2 aliphatic heterocycles. The van der Waals surface area contributed by atoms with Crippen LogP contribution in [0, 0.1) is 0 Å². The van der Waals surface area contributed by atoms with Crippen LogP contribution >= 0.6 is 0 Å². The summed E-state index contributed by atoms with van der Waals surface area (Å²) in [5, 5.41) is 10.1. The molecule has 26 heavy (non-hydrogen) atoms. The molecule has 2 heterocycles. The van der Waals surface area contributed by atoms with Crippen LogP contribution in [-0.2, 0) is 15.9 Å². The van der Waals surface area contributed by atoms with Crippen molar-refractivity contribution in [1.29, 1.82) is 0 Å². The van der Waals surface area contributed by atoms with E-state index in [4.69, 9.17) is 14.2 Å². The number of ketones is 1. The van der Waals surface area contributed by atoms with E-state index in [0.717, 1.165) is 50.7 Å². The van der Waals surface area contributed by atoms with Crippen LogP contribution in [0.4, 0.5) is 0 Å². The number of aromatic hydroxyl groups is 1. The number of fused-ring (bicyclic) bond motifs is 1. The molecular weight excluding hydrogens is 332 g/mol. The summed E-state index contributed by atoms with van der Waals surface area (Å²) in [4.78, 5) is 12.5. The van der Waals surface area contributed by atoms with E-state index in [1.165, 1.54) is 6.42 Å². The highest BCUT2D eigenvalue weighted by molar-refractivity contribution is 6.00. The second-order valence-corrected chi connectivity index (χ2v) is 7.22. The Balaban J connectivity index is 1.48. The van der Waals surface area contributed by atoms with Crippen LogP contribution in [-0.4, -0.2) is 36.5 Å². The first-order valence-corrected chi connectivity index (χ1v) is 9.97. The van der Waals surface area contributed by atoms with Gasteiger partial charge in [-0.05, 0) is 57.1 Å². The molecule has 1 saturated heterocycles. The van der Waals surface area contributed by atoms with E-state index in [1.807, 2.05) is 0 Å². The highest BCUT2D eigenvalue weighted by atomic mass is 16.7. The number of unbranched alkanes of at least 4 members (excludes halogenated alkanes) is 1. The maximum atomic E-state index is 12.5. The summed E-state index contributed by atoms with van der Waals surface area (Å²) in [6.07, 6.45) is 7.86. The van der Waals surface area contributed by atoms with Gasteiger partial charge >= 0.3 is 0 Å². The monoisotopic (exact) mass is 362 g/mol. The molecular formula is C21H30O5. The number of phenols is 1. The van der Waals surface area contributed by atoms with E-state index in [-0.39, 0.29) is 23.9 Å². The van der Waals surface area contributed by atoms with Gasteiger partial charge in [0.2, 0.25) is 0 Å². The van der Waals surface area contributed by atoms with Gasteiger partial charge in [0.15, 0.2) is 12.1 Å². The van der Waals surface area contributed by atoms with Crippen molar-refractivity contribution in [3.63, 3.8) is 0 Å². The Morgan fingerprint density at radius 3 is 2.92 bits per heavy atom. The Kier molecular flexibility index (Phi) is 6.92. The number of ether oxygens (including phenoxy) is 3. The molecule has 144 valence electrons. The first-order valence-electron chi connectivity index (χ1n) is 9.97. The second kappa shape index (κ2) is 9.38. The van der Waals surface area contributed by atoms with Crippen LogP contribution in [0.3, 0.4) is 0 Å². The predicted octanol–water partition coefficient (Wildman–Crippen LogP) is 4.39. The van der Waals surface area contributed by atoms with Crippen molar-refractivity contribution in [2.45, 2.75) is 77.1 Å². The molecule has 2 atom stereocenters. The number of carbonyl (C=O) groups excluding carboxylic acids is 1. The number of carbonyl (C=O) groups is 1. The van der Waals surface area contributed by atoms with Gasteiger partial charge < -0.3 is 19.3 Å². The Morgan fingerprint density at radius 1 is 1.27 bits per heavy atom. The maximum Gasteiger partial charge on any atom is 0.170 e. The van der Waals surface area contributed by atoms with Crippen molar-refractivity contribution in [2.75, 3.05) is 13.2 Å². The average Bonchev–Trinajstić information content (AvgIpc) is 2.65. The van der Waals surface area contributed by atoms with Crippen LogP contribution in [0.5, 0.6) is 11.5 Å². The lowest BCUT2D eigenvalue weighted by atomic mass is 9.94. The first kappa shape index (κ1) is 19.2. The highest BCUT2D eigenvalue weighted by Crippen LogP contribution is 2.38. The van der Waals surface area contributed by atoms with Crippen molar-refractivity contribution in [3.05, 3.63) is 23.3 Å². The third kappa shape index (κ3) is 4.77. The Morgan fingerprint density at radius 2 is 2.15 bits per heavy atom. The number of phenolic OH excluding ortho intramolecular Hbond substituents is 1. The smallest absolute Gasteiger partial charge is 0.170 e. The molecule has 0 bridgehead atoms. The zero-order valence-corrected chi connectivity index (χ0v) is 15.7. The third-order valence-electron chi connectivity index (χ3n) is 5.10.